The second-order valence-electron chi connectivity index (χ2n) is 3.79. The molecule has 0 aliphatic rings. The smallest absolute Gasteiger partial charge is 0.335 e. The molecule has 0 radical (unpaired) electrons. The number of sulfone groups is 1. The van der Waals surface area contributed by atoms with Gasteiger partial charge in [0.05, 0.1) is 22.4 Å². The van der Waals surface area contributed by atoms with Crippen molar-refractivity contribution in [2.75, 3.05) is 11.5 Å². The largest absolute Gasteiger partial charge is 0.478 e. The molecule has 0 unspecified atom stereocenters. The Balaban J connectivity index is 2.00. The Labute approximate surface area is 119 Å². The summed E-state index contributed by atoms with van der Waals surface area (Å²) in [6.45, 7) is 0. The number of carboxylic acids is 1. The number of hydrogen-bond acceptors (Lipinski definition) is 6. The molecular formula is C12H11NO5S2. The van der Waals surface area contributed by atoms with E-state index < -0.39 is 15.8 Å². The van der Waals surface area contributed by atoms with Gasteiger partial charge in [-0.05, 0) is 24.3 Å². The van der Waals surface area contributed by atoms with Crippen LogP contribution in [0.25, 0.3) is 0 Å². The van der Waals surface area contributed by atoms with Crippen LogP contribution in [0.5, 0.6) is 0 Å². The number of aromatic nitrogens is 1. The lowest BCUT2D eigenvalue weighted by Crippen LogP contribution is -2.09. The van der Waals surface area contributed by atoms with Crippen molar-refractivity contribution >= 4 is 27.6 Å². The summed E-state index contributed by atoms with van der Waals surface area (Å²) in [7, 11) is -3.44. The predicted octanol–water partition coefficient (Wildman–Crippen LogP) is 1.94. The summed E-state index contributed by atoms with van der Waals surface area (Å²) in [6, 6.07) is 5.15. The summed E-state index contributed by atoms with van der Waals surface area (Å²) < 4.78 is 29.0. The van der Waals surface area contributed by atoms with Crippen molar-refractivity contribution in [2.24, 2.45) is 0 Å². The van der Waals surface area contributed by atoms with Gasteiger partial charge in [-0.15, -0.1) is 0 Å². The Morgan fingerprint density at radius 3 is 2.55 bits per heavy atom. The van der Waals surface area contributed by atoms with Crippen LogP contribution in [0.2, 0.25) is 0 Å². The van der Waals surface area contributed by atoms with Gasteiger partial charge < -0.3 is 9.52 Å². The average Bonchev–Trinajstić information content (AvgIpc) is 2.92. The zero-order valence-corrected chi connectivity index (χ0v) is 11.9. The van der Waals surface area contributed by atoms with Crippen molar-refractivity contribution in [3.05, 3.63) is 42.3 Å². The van der Waals surface area contributed by atoms with Gasteiger partial charge in [-0.25, -0.2) is 18.2 Å². The van der Waals surface area contributed by atoms with Crippen molar-refractivity contribution in [3.8, 4) is 0 Å². The van der Waals surface area contributed by atoms with E-state index in [1.165, 1.54) is 48.5 Å². The van der Waals surface area contributed by atoms with Crippen LogP contribution >= 0.6 is 11.8 Å². The van der Waals surface area contributed by atoms with E-state index in [1.807, 2.05) is 0 Å². The number of carboxylic acid groups (broad SMARTS) is 1. The number of aromatic carboxylic acids is 1. The first-order valence-electron chi connectivity index (χ1n) is 5.57. The average molecular weight is 313 g/mol. The molecule has 106 valence electrons. The predicted molar refractivity (Wildman–Crippen MR) is 72.7 cm³/mol. The van der Waals surface area contributed by atoms with Crippen molar-refractivity contribution in [3.63, 3.8) is 0 Å². The molecule has 0 aliphatic carbocycles. The van der Waals surface area contributed by atoms with Crippen LogP contribution < -0.4 is 0 Å². The molecule has 8 heteroatoms. The molecule has 1 heterocycles. The SMILES string of the molecule is O=C(O)c1ccc(S(=O)(=O)CCSc2ncco2)cc1. The summed E-state index contributed by atoms with van der Waals surface area (Å²) in [5.41, 5.74) is 0.0538. The third-order valence-corrected chi connectivity index (χ3v) is 5.29. The quantitative estimate of drug-likeness (QED) is 0.814. The van der Waals surface area contributed by atoms with Gasteiger partial charge >= 0.3 is 5.97 Å². The summed E-state index contributed by atoms with van der Waals surface area (Å²) in [5.74, 6) is -0.857. The minimum absolute atomic E-state index is 0.0538. The van der Waals surface area contributed by atoms with Crippen LogP contribution in [0.15, 0.2) is 51.3 Å². The maximum atomic E-state index is 12.0. The van der Waals surface area contributed by atoms with Crippen LogP contribution in [0, 0.1) is 0 Å². The third-order valence-electron chi connectivity index (χ3n) is 2.45. The van der Waals surface area contributed by atoms with Crippen LogP contribution in [0.4, 0.5) is 0 Å². The van der Waals surface area contributed by atoms with Gasteiger partial charge in [0, 0.05) is 5.75 Å². The molecule has 1 N–H and O–H groups in total. The molecule has 0 spiro atoms. The van der Waals surface area contributed by atoms with Crippen molar-refractivity contribution in [2.45, 2.75) is 10.1 Å². The molecule has 2 aromatic rings. The first kappa shape index (κ1) is 14.6. The molecule has 0 aliphatic heterocycles. The molecule has 6 nitrogen and oxygen atoms in total. The lowest BCUT2D eigenvalue weighted by Gasteiger charge is -2.03. The van der Waals surface area contributed by atoms with E-state index in [-0.39, 0.29) is 16.2 Å². The molecule has 1 aromatic carbocycles. The van der Waals surface area contributed by atoms with Gasteiger partial charge in [-0.3, -0.25) is 0 Å². The van der Waals surface area contributed by atoms with Crippen molar-refractivity contribution < 1.29 is 22.7 Å². The van der Waals surface area contributed by atoms with Crippen LogP contribution in [0.1, 0.15) is 10.4 Å². The second-order valence-corrected chi connectivity index (χ2v) is 6.95. The lowest BCUT2D eigenvalue weighted by molar-refractivity contribution is 0.0696. The fraction of sp³-hybridized carbons (Fsp3) is 0.167. The summed E-state index contributed by atoms with van der Waals surface area (Å²) in [4.78, 5) is 14.7. The number of benzene rings is 1. The highest BCUT2D eigenvalue weighted by Gasteiger charge is 2.15. The van der Waals surface area contributed by atoms with E-state index in [4.69, 9.17) is 9.52 Å². The number of rotatable bonds is 6. The highest BCUT2D eigenvalue weighted by atomic mass is 32.2. The monoisotopic (exact) mass is 313 g/mol. The topological polar surface area (TPSA) is 97.5 Å². The van der Waals surface area contributed by atoms with Crippen molar-refractivity contribution in [1.82, 2.24) is 4.98 Å². The fourth-order valence-electron chi connectivity index (χ4n) is 1.44. The minimum Gasteiger partial charge on any atom is -0.478 e. The molecule has 0 amide bonds. The van der Waals surface area contributed by atoms with E-state index in [9.17, 15) is 13.2 Å². The van der Waals surface area contributed by atoms with Crippen LogP contribution in [-0.4, -0.2) is 36.0 Å². The zero-order valence-electron chi connectivity index (χ0n) is 10.2. The first-order chi connectivity index (χ1) is 9.49. The number of thioether (sulfide) groups is 1. The first-order valence-corrected chi connectivity index (χ1v) is 8.21. The molecule has 20 heavy (non-hydrogen) atoms. The van der Waals surface area contributed by atoms with E-state index >= 15 is 0 Å². The Hall–Kier alpha value is -1.80. The third kappa shape index (κ3) is 3.61. The second kappa shape index (κ2) is 6.10. The molecule has 1 aromatic heterocycles. The molecule has 0 bridgehead atoms. The summed E-state index contributed by atoms with van der Waals surface area (Å²) in [6.07, 6.45) is 2.91. The molecule has 0 fully saturated rings. The van der Waals surface area contributed by atoms with Crippen molar-refractivity contribution in [1.29, 1.82) is 0 Å². The number of nitrogens with zero attached hydrogens (tertiary/aromatic N) is 1. The van der Waals surface area contributed by atoms with Gasteiger partial charge in [0.2, 0.25) is 0 Å². The highest BCUT2D eigenvalue weighted by Crippen LogP contribution is 2.18. The molecule has 0 saturated heterocycles. The normalized spacial score (nSPS) is 11.4. The Kier molecular flexibility index (Phi) is 4.46. The zero-order chi connectivity index (χ0) is 14.6. The standard InChI is InChI=1S/C12H11NO5S2/c14-11(15)9-1-3-10(4-2-9)20(16,17)8-7-19-12-13-5-6-18-12/h1-6H,7-8H2,(H,14,15). The van der Waals surface area contributed by atoms with E-state index in [2.05, 4.69) is 4.98 Å². The minimum atomic E-state index is -3.44. The van der Waals surface area contributed by atoms with E-state index in [1.54, 1.807) is 0 Å². The molecule has 2 rings (SSSR count). The number of hydrogen-bond donors (Lipinski definition) is 1. The van der Waals surface area contributed by atoms with Gasteiger partial charge in [-0.1, -0.05) is 11.8 Å². The summed E-state index contributed by atoms with van der Waals surface area (Å²) in [5, 5.41) is 9.17. The van der Waals surface area contributed by atoms with Crippen LogP contribution in [-0.2, 0) is 9.84 Å². The Morgan fingerprint density at radius 1 is 1.30 bits per heavy atom. The fourth-order valence-corrected chi connectivity index (χ4v) is 3.87. The highest BCUT2D eigenvalue weighted by molar-refractivity contribution is 8.00. The van der Waals surface area contributed by atoms with Crippen LogP contribution in [0.3, 0.4) is 0 Å². The van der Waals surface area contributed by atoms with Gasteiger partial charge in [0.25, 0.3) is 5.22 Å². The van der Waals surface area contributed by atoms with E-state index in [0.717, 1.165) is 0 Å². The number of oxazole rings is 1. The molecular weight excluding hydrogens is 302 g/mol. The van der Waals surface area contributed by atoms with Gasteiger partial charge in [-0.2, -0.15) is 0 Å². The molecule has 0 saturated carbocycles. The van der Waals surface area contributed by atoms with Gasteiger partial charge in [0.1, 0.15) is 6.26 Å². The van der Waals surface area contributed by atoms with Gasteiger partial charge in [0.15, 0.2) is 9.84 Å². The Morgan fingerprint density at radius 2 is 2.00 bits per heavy atom. The molecule has 0 atom stereocenters. The lowest BCUT2D eigenvalue weighted by atomic mass is 10.2. The Bertz CT molecular complexity index is 677. The maximum absolute atomic E-state index is 12.0. The summed E-state index contributed by atoms with van der Waals surface area (Å²) >= 11 is 1.21. The van der Waals surface area contributed by atoms with E-state index in [0.29, 0.717) is 11.0 Å². The number of carbonyl (C=O) groups is 1. The maximum Gasteiger partial charge on any atom is 0.335 e.